The number of likely N-dealkylation sites (N-methyl/N-ethyl adjacent to an activating group) is 1. The van der Waals surface area contributed by atoms with Crippen LogP contribution < -0.4 is 0 Å². The first-order chi connectivity index (χ1) is 20.3. The Morgan fingerprint density at radius 1 is 1.07 bits per heavy atom. The van der Waals surface area contributed by atoms with E-state index < -0.39 is 65.8 Å². The van der Waals surface area contributed by atoms with Gasteiger partial charge in [-0.2, -0.15) is 0 Å². The largest absolute Gasteiger partial charge is 0.459 e. The molecule has 3 rings (SSSR count). The number of hydrogen-bond acceptors (Lipinski definition) is 11. The average Bonchev–Trinajstić information content (AvgIpc) is 2.94. The van der Waals surface area contributed by atoms with Crippen molar-refractivity contribution in [2.24, 2.45) is 17.8 Å². The van der Waals surface area contributed by atoms with Crippen LogP contribution in [-0.4, -0.2) is 136 Å². The van der Waals surface area contributed by atoms with E-state index in [4.69, 9.17) is 18.9 Å². The molecule has 0 spiro atoms. The van der Waals surface area contributed by atoms with Crippen LogP contribution in [0.3, 0.4) is 0 Å². The van der Waals surface area contributed by atoms with Gasteiger partial charge in [0.1, 0.15) is 23.9 Å². The molecule has 0 amide bonds. The van der Waals surface area contributed by atoms with Crippen molar-refractivity contribution in [2.75, 3.05) is 27.2 Å². The molecule has 0 aromatic carbocycles. The van der Waals surface area contributed by atoms with Crippen molar-refractivity contribution < 1.29 is 44.2 Å². The lowest BCUT2D eigenvalue weighted by atomic mass is 9.78. The number of nitrogens with zero attached hydrogens (tertiary/aromatic N) is 2. The topological polar surface area (TPSA) is 141 Å². The van der Waals surface area contributed by atoms with Gasteiger partial charge < -0.3 is 44.3 Å². The number of aliphatic hydroxyl groups excluding tert-OH is 2. The number of hydrogen-bond donors (Lipinski definition) is 4. The highest BCUT2D eigenvalue weighted by Gasteiger charge is 2.52. The van der Waals surface area contributed by atoms with Gasteiger partial charge in [-0.15, -0.1) is 6.58 Å². The van der Waals surface area contributed by atoms with Gasteiger partial charge >= 0.3 is 5.97 Å². The highest BCUT2D eigenvalue weighted by Crippen LogP contribution is 2.38. The molecule has 0 aliphatic carbocycles. The molecule has 16 atom stereocenters. The number of carbonyl (C=O) groups is 1. The summed E-state index contributed by atoms with van der Waals surface area (Å²) in [6, 6.07) is -0.466. The van der Waals surface area contributed by atoms with Gasteiger partial charge in [-0.05, 0) is 73.9 Å². The lowest BCUT2D eigenvalue weighted by molar-refractivity contribution is -0.299. The van der Waals surface area contributed by atoms with Crippen molar-refractivity contribution in [1.82, 2.24) is 9.80 Å². The Balaban J connectivity index is 2.04. The lowest BCUT2D eigenvalue weighted by Gasteiger charge is -2.50. The van der Waals surface area contributed by atoms with E-state index in [9.17, 15) is 25.2 Å². The van der Waals surface area contributed by atoms with E-state index in [0.717, 1.165) is 0 Å². The van der Waals surface area contributed by atoms with E-state index in [1.807, 2.05) is 46.7 Å². The summed E-state index contributed by atoms with van der Waals surface area (Å²) in [4.78, 5) is 17.7. The summed E-state index contributed by atoms with van der Waals surface area (Å²) in [6.07, 6.45) is -3.51. The van der Waals surface area contributed by atoms with Crippen molar-refractivity contribution in [3.63, 3.8) is 0 Å². The molecule has 3 saturated heterocycles. The molecule has 44 heavy (non-hydrogen) atoms. The van der Waals surface area contributed by atoms with Crippen LogP contribution in [0.5, 0.6) is 0 Å². The third-order valence-corrected chi connectivity index (χ3v) is 10.2. The molecular weight excluding hydrogens is 568 g/mol. The molecule has 2 unspecified atom stereocenters. The maximum absolute atomic E-state index is 13.5. The van der Waals surface area contributed by atoms with Crippen LogP contribution in [-0.2, 0) is 23.7 Å². The average molecular weight is 629 g/mol. The molecule has 11 nitrogen and oxygen atoms in total. The SMILES string of the molecule is C=CC1CN2C[C@H](C)C[C@@](C)(O)[C@H](O[C@H]3O[C@H](C)C[C@H](N(C)C)[C@H]3O)[C@H](C)[C@H](O)[C@@H](C)C(=O)O[C@@H](CC)[C@@](C)(O)[C@@H](O1)[C@H]2C. The zero-order chi connectivity index (χ0) is 33.3. The number of morpholine rings is 1. The Hall–Kier alpha value is -1.15. The van der Waals surface area contributed by atoms with Gasteiger partial charge in [-0.1, -0.05) is 26.8 Å². The van der Waals surface area contributed by atoms with Crippen LogP contribution in [0.15, 0.2) is 12.7 Å². The Morgan fingerprint density at radius 2 is 1.70 bits per heavy atom. The first kappa shape index (κ1) is 37.3. The summed E-state index contributed by atoms with van der Waals surface area (Å²) in [5.41, 5.74) is -3.01. The van der Waals surface area contributed by atoms with Crippen LogP contribution in [0.1, 0.15) is 74.7 Å². The van der Waals surface area contributed by atoms with Gasteiger partial charge in [-0.3, -0.25) is 9.69 Å². The van der Waals surface area contributed by atoms with E-state index >= 15 is 0 Å². The maximum atomic E-state index is 13.5. The molecule has 4 N–H and O–H groups in total. The summed E-state index contributed by atoms with van der Waals surface area (Å²) < 4.78 is 24.8. The highest BCUT2D eigenvalue weighted by molar-refractivity contribution is 5.73. The van der Waals surface area contributed by atoms with Crippen LogP contribution in [0, 0.1) is 17.8 Å². The predicted octanol–water partition coefficient (Wildman–Crippen LogP) is 1.94. The molecule has 0 radical (unpaired) electrons. The van der Waals surface area contributed by atoms with Crippen molar-refractivity contribution >= 4 is 5.97 Å². The van der Waals surface area contributed by atoms with Crippen LogP contribution >= 0.6 is 0 Å². The van der Waals surface area contributed by atoms with Crippen LogP contribution in [0.4, 0.5) is 0 Å². The minimum Gasteiger partial charge on any atom is -0.459 e. The molecular formula is C33H60N2O9. The first-order valence-corrected chi connectivity index (χ1v) is 16.4. The number of rotatable bonds is 5. The molecule has 0 saturated carbocycles. The van der Waals surface area contributed by atoms with E-state index in [-0.39, 0.29) is 30.2 Å². The lowest BCUT2D eigenvalue weighted by Crippen LogP contribution is -2.65. The summed E-state index contributed by atoms with van der Waals surface area (Å²) in [5.74, 6) is -2.49. The van der Waals surface area contributed by atoms with Crippen molar-refractivity contribution in [2.45, 2.75) is 147 Å². The molecule has 11 heteroatoms. The smallest absolute Gasteiger partial charge is 0.311 e. The number of fused-ring (bicyclic) bond motifs is 2. The quantitative estimate of drug-likeness (QED) is 0.262. The number of aliphatic hydroxyl groups is 4. The third kappa shape index (κ3) is 8.04. The van der Waals surface area contributed by atoms with E-state index in [2.05, 4.69) is 11.5 Å². The fourth-order valence-electron chi connectivity index (χ4n) is 7.67. The van der Waals surface area contributed by atoms with Gasteiger partial charge in [0.15, 0.2) is 6.29 Å². The first-order valence-electron chi connectivity index (χ1n) is 16.4. The molecule has 3 aliphatic rings. The number of carbonyl (C=O) groups excluding carboxylic acids is 1. The van der Waals surface area contributed by atoms with Crippen LogP contribution in [0.25, 0.3) is 0 Å². The molecule has 3 fully saturated rings. The minimum atomic E-state index is -1.53. The Bertz CT molecular complexity index is 962. The summed E-state index contributed by atoms with van der Waals surface area (Å²) >= 11 is 0. The van der Waals surface area contributed by atoms with Gasteiger partial charge in [0, 0.05) is 31.1 Å². The summed E-state index contributed by atoms with van der Waals surface area (Å²) in [6.45, 7) is 19.5. The second-order valence-electron chi connectivity index (χ2n) is 14.5. The van der Waals surface area contributed by atoms with E-state index in [1.165, 1.54) is 0 Å². The Morgan fingerprint density at radius 3 is 2.27 bits per heavy atom. The predicted molar refractivity (Wildman–Crippen MR) is 167 cm³/mol. The highest BCUT2D eigenvalue weighted by atomic mass is 16.7. The summed E-state index contributed by atoms with van der Waals surface area (Å²) in [5, 5.41) is 46.8. The number of cyclic esters (lactones) is 1. The second-order valence-corrected chi connectivity index (χ2v) is 14.5. The second kappa shape index (κ2) is 14.7. The monoisotopic (exact) mass is 628 g/mol. The molecule has 0 aromatic rings. The van der Waals surface area contributed by atoms with Gasteiger partial charge in [0.25, 0.3) is 0 Å². The molecule has 2 bridgehead atoms. The van der Waals surface area contributed by atoms with Gasteiger partial charge in [0.05, 0.1) is 35.9 Å². The maximum Gasteiger partial charge on any atom is 0.311 e. The summed E-state index contributed by atoms with van der Waals surface area (Å²) in [7, 11) is 3.78. The van der Waals surface area contributed by atoms with Crippen molar-refractivity contribution in [3.8, 4) is 0 Å². The Kier molecular flexibility index (Phi) is 12.5. The fraction of sp³-hybridized carbons (Fsp3) is 0.909. The van der Waals surface area contributed by atoms with Gasteiger partial charge in [-0.25, -0.2) is 0 Å². The number of esters is 1. The molecule has 0 aromatic heterocycles. The van der Waals surface area contributed by atoms with Crippen molar-refractivity contribution in [3.05, 3.63) is 12.7 Å². The van der Waals surface area contributed by atoms with E-state index in [0.29, 0.717) is 32.4 Å². The standard InChI is InChI=1S/C33H60N2O9/c1-12-23-17-35-16-18(3)15-32(8,39)28(44-31-27(37)24(34(10)11)14-19(4)41-31)20(5)26(36)21(6)30(38)43-25(13-2)33(9,40)29(42-23)22(35)7/h12,18-29,31,36-37,39-40H,1,13-17H2,2-11H3/t18-,19-,20-,21-,22-,23?,24+,25+,26+,27-,28-,29+,31-,32-,33-/m1/s1. The minimum absolute atomic E-state index is 0.0508. The fourth-order valence-corrected chi connectivity index (χ4v) is 7.67. The molecule has 3 heterocycles. The van der Waals surface area contributed by atoms with E-state index in [1.54, 1.807) is 33.8 Å². The van der Waals surface area contributed by atoms with Gasteiger partial charge in [0.2, 0.25) is 0 Å². The number of ether oxygens (including phenoxy) is 4. The zero-order valence-electron chi connectivity index (χ0n) is 28.6. The normalized spacial score (nSPS) is 49.9. The molecule has 256 valence electrons. The zero-order valence-corrected chi connectivity index (χ0v) is 28.6. The Labute approximate surface area is 264 Å². The van der Waals surface area contributed by atoms with Crippen LogP contribution in [0.2, 0.25) is 0 Å². The third-order valence-electron chi connectivity index (χ3n) is 10.2. The molecule has 3 aliphatic heterocycles. The van der Waals surface area contributed by atoms with Crippen molar-refractivity contribution in [1.29, 1.82) is 0 Å².